The summed E-state index contributed by atoms with van der Waals surface area (Å²) < 4.78 is 0. The van der Waals surface area contributed by atoms with Crippen molar-refractivity contribution in [3.8, 4) is 0 Å². The molecule has 24 heavy (non-hydrogen) atoms. The lowest BCUT2D eigenvalue weighted by Crippen LogP contribution is -2.37. The first kappa shape index (κ1) is 17.8. The van der Waals surface area contributed by atoms with Gasteiger partial charge in [-0.3, -0.25) is 9.59 Å². The predicted molar refractivity (Wildman–Crippen MR) is 90.1 cm³/mol. The largest absolute Gasteiger partial charge is 0.481 e. The van der Waals surface area contributed by atoms with Crippen LogP contribution in [0.3, 0.4) is 0 Å². The van der Waals surface area contributed by atoms with Crippen molar-refractivity contribution < 1.29 is 19.5 Å². The van der Waals surface area contributed by atoms with Gasteiger partial charge in [-0.2, -0.15) is 0 Å². The molecule has 0 radical (unpaired) electrons. The van der Waals surface area contributed by atoms with Crippen LogP contribution in [0.4, 0.5) is 10.5 Å². The summed E-state index contributed by atoms with van der Waals surface area (Å²) in [6.07, 6.45) is 0.425. The summed E-state index contributed by atoms with van der Waals surface area (Å²) in [6, 6.07) is 4.79. The third-order valence-corrected chi connectivity index (χ3v) is 4.40. The molecule has 2 rings (SSSR count). The summed E-state index contributed by atoms with van der Waals surface area (Å²) in [5.41, 5.74) is 0.956. The predicted octanol–water partition coefficient (Wildman–Crippen LogP) is 2.03. The number of hydrogen-bond donors (Lipinski definition) is 2. The van der Waals surface area contributed by atoms with Crippen molar-refractivity contribution in [1.82, 2.24) is 9.80 Å². The van der Waals surface area contributed by atoms with Gasteiger partial charge in [0.1, 0.15) is 0 Å². The lowest BCUT2D eigenvalue weighted by atomic mass is 9.90. The van der Waals surface area contributed by atoms with Gasteiger partial charge in [0.05, 0.1) is 5.41 Å². The fraction of sp³-hybridized carbons (Fsp3) is 0.471. The Bertz CT molecular complexity index is 686. The number of nitrogens with zero attached hydrogens (tertiary/aromatic N) is 2. The standard InChI is InChI=1S/C17H23N3O4/c1-11-5-6-12(9-13(11)14(21)19(3)4)18-16(24)20-8-7-17(2,10-20)15(22)23/h5-6,9H,7-8,10H2,1-4H3,(H,18,24)(H,22,23). The normalized spacial score (nSPS) is 19.9. The zero-order chi connectivity index (χ0) is 18.1. The van der Waals surface area contributed by atoms with E-state index in [2.05, 4.69) is 5.32 Å². The molecule has 0 spiro atoms. The molecule has 1 aromatic carbocycles. The van der Waals surface area contributed by atoms with Crippen LogP contribution in [0.5, 0.6) is 0 Å². The number of carboxylic acids is 1. The highest BCUT2D eigenvalue weighted by atomic mass is 16.4. The molecule has 2 N–H and O–H groups in total. The van der Waals surface area contributed by atoms with Gasteiger partial charge in [-0.25, -0.2) is 4.79 Å². The smallest absolute Gasteiger partial charge is 0.321 e. The van der Waals surface area contributed by atoms with E-state index in [1.807, 2.05) is 6.92 Å². The van der Waals surface area contributed by atoms with Gasteiger partial charge in [0.2, 0.25) is 0 Å². The van der Waals surface area contributed by atoms with E-state index < -0.39 is 11.4 Å². The Balaban J connectivity index is 2.12. The Morgan fingerprint density at radius 2 is 1.96 bits per heavy atom. The van der Waals surface area contributed by atoms with E-state index in [9.17, 15) is 19.5 Å². The molecule has 1 aromatic rings. The van der Waals surface area contributed by atoms with E-state index in [0.29, 0.717) is 24.2 Å². The van der Waals surface area contributed by atoms with Crippen molar-refractivity contribution in [2.24, 2.45) is 5.41 Å². The van der Waals surface area contributed by atoms with E-state index >= 15 is 0 Å². The van der Waals surface area contributed by atoms with Gasteiger partial charge < -0.3 is 20.2 Å². The fourth-order valence-electron chi connectivity index (χ4n) is 2.68. The van der Waals surface area contributed by atoms with Crippen molar-refractivity contribution in [3.05, 3.63) is 29.3 Å². The quantitative estimate of drug-likeness (QED) is 0.885. The second kappa shape index (κ2) is 6.51. The molecule has 1 aliphatic rings. The maximum Gasteiger partial charge on any atom is 0.321 e. The fourth-order valence-corrected chi connectivity index (χ4v) is 2.68. The van der Waals surface area contributed by atoms with Crippen LogP contribution < -0.4 is 5.32 Å². The van der Waals surface area contributed by atoms with Crippen LogP contribution in [-0.2, 0) is 4.79 Å². The maximum absolute atomic E-state index is 12.4. The third-order valence-electron chi connectivity index (χ3n) is 4.40. The lowest BCUT2D eigenvalue weighted by Gasteiger charge is -2.21. The number of amides is 3. The van der Waals surface area contributed by atoms with Gasteiger partial charge in [0.15, 0.2) is 0 Å². The highest BCUT2D eigenvalue weighted by Gasteiger charge is 2.42. The summed E-state index contributed by atoms with van der Waals surface area (Å²) in [6.45, 7) is 4.04. The number of urea groups is 1. The molecular weight excluding hydrogens is 310 g/mol. The molecule has 3 amide bonds. The van der Waals surface area contributed by atoms with Gasteiger partial charge in [-0.05, 0) is 38.0 Å². The molecule has 1 aliphatic heterocycles. The minimum Gasteiger partial charge on any atom is -0.481 e. The monoisotopic (exact) mass is 333 g/mol. The van der Waals surface area contributed by atoms with Gasteiger partial charge in [-0.15, -0.1) is 0 Å². The van der Waals surface area contributed by atoms with Crippen LogP contribution in [0.25, 0.3) is 0 Å². The molecule has 1 atom stereocenters. The topological polar surface area (TPSA) is 90.0 Å². The van der Waals surface area contributed by atoms with Gasteiger partial charge in [0.25, 0.3) is 5.91 Å². The van der Waals surface area contributed by atoms with E-state index in [0.717, 1.165) is 5.56 Å². The number of aliphatic carboxylic acids is 1. The number of nitrogens with one attached hydrogen (secondary N) is 1. The number of rotatable bonds is 3. The van der Waals surface area contributed by atoms with Gasteiger partial charge in [-0.1, -0.05) is 6.07 Å². The molecule has 0 bridgehead atoms. The minimum absolute atomic E-state index is 0.136. The summed E-state index contributed by atoms with van der Waals surface area (Å²) in [5, 5.41) is 12.0. The second-order valence-corrected chi connectivity index (χ2v) is 6.70. The third kappa shape index (κ3) is 3.50. The number of carbonyl (C=O) groups excluding carboxylic acids is 2. The Hall–Kier alpha value is -2.57. The highest BCUT2D eigenvalue weighted by molar-refractivity contribution is 5.98. The molecule has 0 saturated carbocycles. The highest BCUT2D eigenvalue weighted by Crippen LogP contribution is 2.30. The van der Waals surface area contributed by atoms with E-state index in [4.69, 9.17) is 0 Å². The minimum atomic E-state index is -0.906. The first-order valence-electron chi connectivity index (χ1n) is 7.76. The van der Waals surface area contributed by atoms with Gasteiger partial charge in [0, 0.05) is 38.4 Å². The van der Waals surface area contributed by atoms with Crippen molar-refractivity contribution in [1.29, 1.82) is 0 Å². The zero-order valence-corrected chi connectivity index (χ0v) is 14.4. The summed E-state index contributed by atoms with van der Waals surface area (Å²) in [4.78, 5) is 38.7. The number of benzene rings is 1. The van der Waals surface area contributed by atoms with Crippen molar-refractivity contribution in [3.63, 3.8) is 0 Å². The molecule has 0 aliphatic carbocycles. The molecule has 1 fully saturated rings. The van der Waals surface area contributed by atoms with Crippen LogP contribution in [-0.4, -0.2) is 60.0 Å². The number of aryl methyl sites for hydroxylation is 1. The van der Waals surface area contributed by atoms with E-state index in [1.54, 1.807) is 39.2 Å². The maximum atomic E-state index is 12.4. The van der Waals surface area contributed by atoms with Crippen LogP contribution >= 0.6 is 0 Å². The number of likely N-dealkylation sites (tertiary alicyclic amines) is 1. The summed E-state index contributed by atoms with van der Waals surface area (Å²) in [5.74, 6) is -1.03. The second-order valence-electron chi connectivity index (χ2n) is 6.70. The average Bonchev–Trinajstić information content (AvgIpc) is 2.92. The van der Waals surface area contributed by atoms with Crippen molar-refractivity contribution in [2.75, 3.05) is 32.5 Å². The number of carbonyl (C=O) groups is 3. The molecule has 7 heteroatoms. The Morgan fingerprint density at radius 3 is 2.50 bits per heavy atom. The van der Waals surface area contributed by atoms with Crippen molar-refractivity contribution >= 4 is 23.6 Å². The zero-order valence-electron chi connectivity index (χ0n) is 14.4. The number of hydrogen-bond acceptors (Lipinski definition) is 3. The molecule has 0 aromatic heterocycles. The Labute approximate surface area is 141 Å². The lowest BCUT2D eigenvalue weighted by molar-refractivity contribution is -0.146. The molecule has 1 saturated heterocycles. The summed E-state index contributed by atoms with van der Waals surface area (Å²) >= 11 is 0. The molecule has 1 unspecified atom stereocenters. The summed E-state index contributed by atoms with van der Waals surface area (Å²) in [7, 11) is 3.34. The molecule has 7 nitrogen and oxygen atoms in total. The number of anilines is 1. The Morgan fingerprint density at radius 1 is 1.29 bits per heavy atom. The Kier molecular flexibility index (Phi) is 4.82. The molecular formula is C17H23N3O4. The first-order chi connectivity index (χ1) is 11.1. The van der Waals surface area contributed by atoms with Crippen LogP contribution in [0.1, 0.15) is 29.3 Å². The van der Waals surface area contributed by atoms with Gasteiger partial charge >= 0.3 is 12.0 Å². The van der Waals surface area contributed by atoms with Crippen LogP contribution in [0, 0.1) is 12.3 Å². The molecule has 1 heterocycles. The SMILES string of the molecule is Cc1ccc(NC(=O)N2CCC(C)(C(=O)O)C2)cc1C(=O)N(C)C. The van der Waals surface area contributed by atoms with E-state index in [1.165, 1.54) is 9.80 Å². The molecule has 130 valence electrons. The van der Waals surface area contributed by atoms with E-state index in [-0.39, 0.29) is 18.5 Å². The average molecular weight is 333 g/mol. The van der Waals surface area contributed by atoms with Crippen molar-refractivity contribution in [2.45, 2.75) is 20.3 Å². The number of carboxylic acid groups (broad SMARTS) is 1. The van der Waals surface area contributed by atoms with Crippen LogP contribution in [0.2, 0.25) is 0 Å². The van der Waals surface area contributed by atoms with Crippen LogP contribution in [0.15, 0.2) is 18.2 Å². The first-order valence-corrected chi connectivity index (χ1v) is 7.76.